The molecule has 0 radical (unpaired) electrons. The SMILES string of the molecule is Cc1cc(Nc2ccc(F)c(F)c2F)nc(N2CCN(C=O)CC2)n1. The second kappa shape index (κ2) is 6.96. The first-order chi connectivity index (χ1) is 12.0. The van der Waals surface area contributed by atoms with Crippen LogP contribution < -0.4 is 10.2 Å². The van der Waals surface area contributed by atoms with E-state index in [0.29, 0.717) is 37.8 Å². The van der Waals surface area contributed by atoms with Crippen molar-refractivity contribution >= 4 is 23.9 Å². The molecular formula is C16H16F3N5O. The second-order valence-electron chi connectivity index (χ2n) is 5.67. The molecule has 1 amide bonds. The molecule has 1 aliphatic rings. The zero-order chi connectivity index (χ0) is 18.0. The van der Waals surface area contributed by atoms with Crippen molar-refractivity contribution in [1.82, 2.24) is 14.9 Å². The van der Waals surface area contributed by atoms with Crippen LogP contribution in [-0.2, 0) is 4.79 Å². The molecule has 0 aliphatic carbocycles. The molecule has 1 fully saturated rings. The fraction of sp³-hybridized carbons (Fsp3) is 0.312. The highest BCUT2D eigenvalue weighted by molar-refractivity contribution is 5.59. The molecule has 0 bridgehead atoms. The third-order valence-electron chi connectivity index (χ3n) is 3.89. The number of anilines is 3. The molecule has 1 N–H and O–H groups in total. The summed E-state index contributed by atoms with van der Waals surface area (Å²) in [5.41, 5.74) is 0.419. The minimum Gasteiger partial charge on any atom is -0.342 e. The number of piperazine rings is 1. The quantitative estimate of drug-likeness (QED) is 0.676. The number of aryl methyl sites for hydroxylation is 1. The molecule has 6 nitrogen and oxygen atoms in total. The molecule has 1 aliphatic heterocycles. The average Bonchev–Trinajstić information content (AvgIpc) is 2.62. The topological polar surface area (TPSA) is 61.4 Å². The van der Waals surface area contributed by atoms with Gasteiger partial charge in [0.25, 0.3) is 0 Å². The molecule has 0 atom stereocenters. The number of rotatable bonds is 4. The lowest BCUT2D eigenvalue weighted by molar-refractivity contribution is -0.118. The molecule has 0 spiro atoms. The van der Waals surface area contributed by atoms with Crippen LogP contribution in [-0.4, -0.2) is 47.5 Å². The molecule has 9 heteroatoms. The third-order valence-corrected chi connectivity index (χ3v) is 3.89. The van der Waals surface area contributed by atoms with Gasteiger partial charge in [0.05, 0.1) is 5.69 Å². The number of nitrogens with one attached hydrogen (secondary N) is 1. The normalized spacial score (nSPS) is 14.6. The van der Waals surface area contributed by atoms with Crippen molar-refractivity contribution in [2.24, 2.45) is 0 Å². The van der Waals surface area contributed by atoms with Gasteiger partial charge < -0.3 is 15.1 Å². The van der Waals surface area contributed by atoms with Crippen LogP contribution in [0.25, 0.3) is 0 Å². The predicted molar refractivity (Wildman–Crippen MR) is 86.2 cm³/mol. The van der Waals surface area contributed by atoms with E-state index < -0.39 is 17.5 Å². The fourth-order valence-corrected chi connectivity index (χ4v) is 2.55. The molecule has 1 saturated heterocycles. The highest BCUT2D eigenvalue weighted by Gasteiger charge is 2.19. The van der Waals surface area contributed by atoms with Crippen molar-refractivity contribution in [3.05, 3.63) is 41.3 Å². The van der Waals surface area contributed by atoms with E-state index in [1.165, 1.54) is 0 Å². The van der Waals surface area contributed by atoms with Gasteiger partial charge in [-0.3, -0.25) is 4.79 Å². The minimum absolute atomic E-state index is 0.214. The number of benzene rings is 1. The number of carbonyl (C=O) groups excluding carboxylic acids is 1. The molecule has 0 unspecified atom stereocenters. The van der Waals surface area contributed by atoms with Crippen LogP contribution >= 0.6 is 0 Å². The standard InChI is InChI=1S/C16H16F3N5O/c1-10-8-13(21-12-3-2-11(17)14(18)15(12)19)22-16(20-10)24-6-4-23(9-25)5-7-24/h2-3,8-9H,4-7H2,1H3,(H,20,21,22). The Balaban J connectivity index is 1.83. The van der Waals surface area contributed by atoms with E-state index in [-0.39, 0.29) is 11.5 Å². The monoisotopic (exact) mass is 351 g/mol. The van der Waals surface area contributed by atoms with E-state index in [2.05, 4.69) is 15.3 Å². The summed E-state index contributed by atoms with van der Waals surface area (Å²) in [5, 5.41) is 2.65. The lowest BCUT2D eigenvalue weighted by Gasteiger charge is -2.32. The van der Waals surface area contributed by atoms with Crippen LogP contribution in [0.1, 0.15) is 5.69 Å². The van der Waals surface area contributed by atoms with Gasteiger partial charge in [-0.05, 0) is 19.1 Å². The van der Waals surface area contributed by atoms with Gasteiger partial charge in [0, 0.05) is 37.9 Å². The summed E-state index contributed by atoms with van der Waals surface area (Å²) in [5.74, 6) is -3.41. The van der Waals surface area contributed by atoms with Gasteiger partial charge in [0.15, 0.2) is 17.5 Å². The Bertz CT molecular complexity index is 794. The largest absolute Gasteiger partial charge is 0.342 e. The van der Waals surface area contributed by atoms with Crippen molar-refractivity contribution in [2.75, 3.05) is 36.4 Å². The van der Waals surface area contributed by atoms with E-state index in [4.69, 9.17) is 0 Å². The first-order valence-corrected chi connectivity index (χ1v) is 7.68. The van der Waals surface area contributed by atoms with E-state index in [0.717, 1.165) is 18.5 Å². The van der Waals surface area contributed by atoms with Crippen molar-refractivity contribution in [3.8, 4) is 0 Å². The Kier molecular flexibility index (Phi) is 4.73. The van der Waals surface area contributed by atoms with Gasteiger partial charge >= 0.3 is 0 Å². The van der Waals surface area contributed by atoms with Gasteiger partial charge in [-0.15, -0.1) is 0 Å². The lowest BCUT2D eigenvalue weighted by Crippen LogP contribution is -2.46. The minimum atomic E-state index is -1.54. The van der Waals surface area contributed by atoms with E-state index in [1.54, 1.807) is 17.9 Å². The summed E-state index contributed by atoms with van der Waals surface area (Å²) in [7, 11) is 0. The van der Waals surface area contributed by atoms with Gasteiger partial charge in [0.1, 0.15) is 5.82 Å². The molecule has 3 rings (SSSR count). The molecule has 132 valence electrons. The van der Waals surface area contributed by atoms with E-state index in [1.807, 2.05) is 4.90 Å². The molecule has 2 aromatic rings. The highest BCUT2D eigenvalue weighted by atomic mass is 19.2. The first-order valence-electron chi connectivity index (χ1n) is 7.68. The maximum absolute atomic E-state index is 13.8. The average molecular weight is 351 g/mol. The number of hydrogen-bond donors (Lipinski definition) is 1. The summed E-state index contributed by atoms with van der Waals surface area (Å²) in [6, 6.07) is 3.52. The number of amides is 1. The van der Waals surface area contributed by atoms with Crippen LogP contribution in [0.4, 0.5) is 30.6 Å². The summed E-state index contributed by atoms with van der Waals surface area (Å²) in [4.78, 5) is 23.0. The van der Waals surface area contributed by atoms with Crippen LogP contribution in [0, 0.1) is 24.4 Å². The lowest BCUT2D eigenvalue weighted by atomic mass is 10.2. The number of carbonyl (C=O) groups is 1. The molecule has 1 aromatic carbocycles. The fourth-order valence-electron chi connectivity index (χ4n) is 2.55. The van der Waals surface area contributed by atoms with Crippen molar-refractivity contribution in [2.45, 2.75) is 6.92 Å². The smallest absolute Gasteiger partial charge is 0.227 e. The second-order valence-corrected chi connectivity index (χ2v) is 5.67. The summed E-state index contributed by atoms with van der Waals surface area (Å²) in [6.45, 7) is 4.00. The Labute approximate surface area is 142 Å². The number of halogens is 3. The van der Waals surface area contributed by atoms with Crippen molar-refractivity contribution in [1.29, 1.82) is 0 Å². The number of hydrogen-bond acceptors (Lipinski definition) is 5. The van der Waals surface area contributed by atoms with Crippen molar-refractivity contribution < 1.29 is 18.0 Å². The third kappa shape index (κ3) is 3.65. The van der Waals surface area contributed by atoms with Gasteiger partial charge in [-0.25, -0.2) is 18.2 Å². The summed E-state index contributed by atoms with van der Waals surface area (Å²) < 4.78 is 40.2. The van der Waals surface area contributed by atoms with Gasteiger partial charge in [-0.2, -0.15) is 4.98 Å². The number of aromatic nitrogens is 2. The Morgan fingerprint density at radius 1 is 1.08 bits per heavy atom. The summed E-state index contributed by atoms with van der Waals surface area (Å²) >= 11 is 0. The van der Waals surface area contributed by atoms with Crippen LogP contribution in [0.5, 0.6) is 0 Å². The predicted octanol–water partition coefficient (Wildman–Crippen LogP) is 2.22. The van der Waals surface area contributed by atoms with Crippen LogP contribution in [0.15, 0.2) is 18.2 Å². The first kappa shape index (κ1) is 17.0. The maximum Gasteiger partial charge on any atom is 0.227 e. The van der Waals surface area contributed by atoms with E-state index >= 15 is 0 Å². The van der Waals surface area contributed by atoms with Gasteiger partial charge in [-0.1, -0.05) is 0 Å². The zero-order valence-corrected chi connectivity index (χ0v) is 13.5. The van der Waals surface area contributed by atoms with Crippen LogP contribution in [0.2, 0.25) is 0 Å². The van der Waals surface area contributed by atoms with E-state index in [9.17, 15) is 18.0 Å². The maximum atomic E-state index is 13.8. The van der Waals surface area contributed by atoms with Crippen LogP contribution in [0.3, 0.4) is 0 Å². The Hall–Kier alpha value is -2.84. The van der Waals surface area contributed by atoms with Gasteiger partial charge in [0.2, 0.25) is 12.4 Å². The summed E-state index contributed by atoms with van der Waals surface area (Å²) in [6.07, 6.45) is 0.799. The number of nitrogens with zero attached hydrogens (tertiary/aromatic N) is 4. The zero-order valence-electron chi connectivity index (χ0n) is 13.5. The molecule has 1 aromatic heterocycles. The molecular weight excluding hydrogens is 335 g/mol. The van der Waals surface area contributed by atoms with Crippen molar-refractivity contribution in [3.63, 3.8) is 0 Å². The highest BCUT2D eigenvalue weighted by Crippen LogP contribution is 2.24. The molecule has 25 heavy (non-hydrogen) atoms. The molecule has 2 heterocycles. The Morgan fingerprint density at radius 2 is 1.80 bits per heavy atom. The molecule has 0 saturated carbocycles. The Morgan fingerprint density at radius 3 is 2.48 bits per heavy atom.